The number of pyridine rings is 2. The fourth-order valence-electron chi connectivity index (χ4n) is 3.57. The first-order valence-electron chi connectivity index (χ1n) is 9.72. The lowest BCUT2D eigenvalue weighted by atomic mass is 10.1. The molecule has 1 aliphatic heterocycles. The average Bonchev–Trinajstić information content (AvgIpc) is 3.20. The van der Waals surface area contributed by atoms with Crippen molar-refractivity contribution in [2.45, 2.75) is 13.0 Å². The number of methoxy groups -OCH3 is 1. The molecule has 0 saturated carbocycles. The molecule has 0 bridgehead atoms. The highest BCUT2D eigenvalue weighted by molar-refractivity contribution is 6.00. The first kappa shape index (κ1) is 19.6. The summed E-state index contributed by atoms with van der Waals surface area (Å²) in [5.41, 5.74) is 3.43. The Bertz CT molecular complexity index is 1040. The Morgan fingerprint density at radius 3 is 2.63 bits per heavy atom. The van der Waals surface area contributed by atoms with Gasteiger partial charge in [-0.3, -0.25) is 19.6 Å². The highest BCUT2D eigenvalue weighted by Crippen LogP contribution is 2.27. The van der Waals surface area contributed by atoms with Gasteiger partial charge in [0.15, 0.2) is 0 Å². The van der Waals surface area contributed by atoms with E-state index in [2.05, 4.69) is 15.3 Å². The van der Waals surface area contributed by atoms with Crippen LogP contribution < -0.4 is 15.0 Å². The van der Waals surface area contributed by atoms with Crippen molar-refractivity contribution in [3.8, 4) is 17.0 Å². The Labute approximate surface area is 174 Å². The summed E-state index contributed by atoms with van der Waals surface area (Å²) in [6.07, 6.45) is 5.35. The van der Waals surface area contributed by atoms with Gasteiger partial charge in [0.25, 0.3) is 0 Å². The Morgan fingerprint density at radius 1 is 1.13 bits per heavy atom. The zero-order chi connectivity index (χ0) is 20.9. The first-order valence-corrected chi connectivity index (χ1v) is 9.72. The van der Waals surface area contributed by atoms with Gasteiger partial charge in [0.05, 0.1) is 18.7 Å². The summed E-state index contributed by atoms with van der Waals surface area (Å²) in [5.74, 6) is 0.143. The SMILES string of the molecule is COc1ccc(N2CC(C(=O)NCc3cccnc3-c3ccncc3)CC2=O)cc1. The van der Waals surface area contributed by atoms with Gasteiger partial charge in [0.1, 0.15) is 5.75 Å². The van der Waals surface area contributed by atoms with Crippen LogP contribution in [0.5, 0.6) is 5.75 Å². The molecule has 0 aliphatic carbocycles. The third-order valence-corrected chi connectivity index (χ3v) is 5.18. The summed E-state index contributed by atoms with van der Waals surface area (Å²) in [4.78, 5) is 35.3. The van der Waals surface area contributed by atoms with Crippen molar-refractivity contribution in [2.24, 2.45) is 5.92 Å². The highest BCUT2D eigenvalue weighted by Gasteiger charge is 2.35. The van der Waals surface area contributed by atoms with Gasteiger partial charge in [0, 0.05) is 49.4 Å². The number of anilines is 1. The van der Waals surface area contributed by atoms with E-state index in [-0.39, 0.29) is 24.2 Å². The molecule has 2 aromatic heterocycles. The highest BCUT2D eigenvalue weighted by atomic mass is 16.5. The predicted octanol–water partition coefficient (Wildman–Crippen LogP) is 2.82. The van der Waals surface area contributed by atoms with Crippen LogP contribution in [0.1, 0.15) is 12.0 Å². The molecule has 1 aromatic carbocycles. The minimum Gasteiger partial charge on any atom is -0.497 e. The lowest BCUT2D eigenvalue weighted by molar-refractivity contribution is -0.126. The summed E-state index contributed by atoms with van der Waals surface area (Å²) >= 11 is 0. The smallest absolute Gasteiger partial charge is 0.227 e. The first-order chi connectivity index (χ1) is 14.7. The lowest BCUT2D eigenvalue weighted by Crippen LogP contribution is -2.32. The number of benzene rings is 1. The number of nitrogens with zero attached hydrogens (tertiary/aromatic N) is 3. The standard InChI is InChI=1S/C23H22N4O3/c1-30-20-6-4-19(5-7-20)27-15-18(13-21(27)28)23(29)26-14-17-3-2-10-25-22(17)16-8-11-24-12-9-16/h2-12,18H,13-15H2,1H3,(H,26,29). The second-order valence-corrected chi connectivity index (χ2v) is 7.07. The Balaban J connectivity index is 1.41. The van der Waals surface area contributed by atoms with Crippen molar-refractivity contribution in [1.29, 1.82) is 0 Å². The van der Waals surface area contributed by atoms with Gasteiger partial charge in [-0.15, -0.1) is 0 Å². The van der Waals surface area contributed by atoms with Crippen LogP contribution in [0, 0.1) is 5.92 Å². The van der Waals surface area contributed by atoms with Crippen molar-refractivity contribution in [3.63, 3.8) is 0 Å². The maximum absolute atomic E-state index is 12.7. The average molecular weight is 402 g/mol. The molecule has 1 N–H and O–H groups in total. The number of aromatic nitrogens is 2. The molecule has 30 heavy (non-hydrogen) atoms. The summed E-state index contributed by atoms with van der Waals surface area (Å²) in [6, 6.07) is 14.8. The van der Waals surface area contributed by atoms with Gasteiger partial charge in [-0.05, 0) is 48.0 Å². The molecule has 1 aliphatic rings. The van der Waals surface area contributed by atoms with Gasteiger partial charge >= 0.3 is 0 Å². The molecular weight excluding hydrogens is 380 g/mol. The molecule has 4 rings (SSSR count). The summed E-state index contributed by atoms with van der Waals surface area (Å²) in [7, 11) is 1.60. The summed E-state index contributed by atoms with van der Waals surface area (Å²) < 4.78 is 5.16. The number of rotatable bonds is 6. The van der Waals surface area contributed by atoms with Gasteiger partial charge in [-0.1, -0.05) is 6.07 Å². The molecule has 1 fully saturated rings. The molecule has 7 heteroatoms. The van der Waals surface area contributed by atoms with E-state index >= 15 is 0 Å². The molecule has 0 spiro atoms. The third-order valence-electron chi connectivity index (χ3n) is 5.18. The Morgan fingerprint density at radius 2 is 1.90 bits per heavy atom. The van der Waals surface area contributed by atoms with Crippen molar-refractivity contribution in [3.05, 3.63) is 72.7 Å². The second-order valence-electron chi connectivity index (χ2n) is 7.07. The fraction of sp³-hybridized carbons (Fsp3) is 0.217. The monoisotopic (exact) mass is 402 g/mol. The molecule has 7 nitrogen and oxygen atoms in total. The molecule has 152 valence electrons. The number of carbonyl (C=O) groups is 2. The Kier molecular flexibility index (Phi) is 5.70. The van der Waals surface area contributed by atoms with Crippen molar-refractivity contribution < 1.29 is 14.3 Å². The number of nitrogens with one attached hydrogen (secondary N) is 1. The largest absolute Gasteiger partial charge is 0.497 e. The number of carbonyl (C=O) groups excluding carboxylic acids is 2. The normalized spacial score (nSPS) is 15.8. The number of ether oxygens (including phenoxy) is 1. The fourth-order valence-corrected chi connectivity index (χ4v) is 3.57. The maximum Gasteiger partial charge on any atom is 0.227 e. The van der Waals surface area contributed by atoms with Gasteiger partial charge < -0.3 is 15.0 Å². The molecule has 0 radical (unpaired) electrons. The zero-order valence-electron chi connectivity index (χ0n) is 16.6. The molecule has 2 amide bonds. The van der Waals surface area contributed by atoms with Crippen LogP contribution in [0.25, 0.3) is 11.3 Å². The summed E-state index contributed by atoms with van der Waals surface area (Å²) in [5, 5.41) is 2.97. The van der Waals surface area contributed by atoms with Crippen LogP contribution in [0.2, 0.25) is 0 Å². The molecule has 3 heterocycles. The number of hydrogen-bond acceptors (Lipinski definition) is 5. The van der Waals surface area contributed by atoms with E-state index in [0.29, 0.717) is 13.1 Å². The molecular formula is C23H22N4O3. The zero-order valence-corrected chi connectivity index (χ0v) is 16.6. The van der Waals surface area contributed by atoms with Crippen LogP contribution in [0.15, 0.2) is 67.1 Å². The summed E-state index contributed by atoms with van der Waals surface area (Å²) in [6.45, 7) is 0.707. The van der Waals surface area contributed by atoms with Crippen LogP contribution in [-0.2, 0) is 16.1 Å². The van der Waals surface area contributed by atoms with Crippen molar-refractivity contribution in [2.75, 3.05) is 18.6 Å². The van der Waals surface area contributed by atoms with Crippen LogP contribution in [0.4, 0.5) is 5.69 Å². The number of hydrogen-bond donors (Lipinski definition) is 1. The van der Waals surface area contributed by atoms with Gasteiger partial charge in [0.2, 0.25) is 11.8 Å². The third kappa shape index (κ3) is 4.15. The topological polar surface area (TPSA) is 84.4 Å². The number of amides is 2. The quantitative estimate of drug-likeness (QED) is 0.685. The molecule has 3 aromatic rings. The van der Waals surface area contributed by atoms with Gasteiger partial charge in [-0.2, -0.15) is 0 Å². The van der Waals surface area contributed by atoms with Crippen LogP contribution in [-0.4, -0.2) is 35.4 Å². The van der Waals surface area contributed by atoms with E-state index in [1.807, 2.05) is 36.4 Å². The minimum absolute atomic E-state index is 0.0563. The van der Waals surface area contributed by atoms with E-state index in [1.165, 1.54) is 0 Å². The second kappa shape index (κ2) is 8.73. The van der Waals surface area contributed by atoms with Crippen molar-refractivity contribution in [1.82, 2.24) is 15.3 Å². The van der Waals surface area contributed by atoms with E-state index < -0.39 is 0 Å². The maximum atomic E-state index is 12.7. The minimum atomic E-state index is -0.388. The lowest BCUT2D eigenvalue weighted by Gasteiger charge is -2.17. The van der Waals surface area contributed by atoms with Crippen LogP contribution in [0.3, 0.4) is 0 Å². The predicted molar refractivity (Wildman–Crippen MR) is 113 cm³/mol. The van der Waals surface area contributed by atoms with Crippen LogP contribution >= 0.6 is 0 Å². The van der Waals surface area contributed by atoms with E-state index in [0.717, 1.165) is 28.3 Å². The van der Waals surface area contributed by atoms with E-state index in [4.69, 9.17) is 4.74 Å². The molecule has 1 atom stereocenters. The van der Waals surface area contributed by atoms with Gasteiger partial charge in [-0.25, -0.2) is 0 Å². The molecule has 1 saturated heterocycles. The Hall–Kier alpha value is -3.74. The van der Waals surface area contributed by atoms with Crippen molar-refractivity contribution >= 4 is 17.5 Å². The van der Waals surface area contributed by atoms with E-state index in [1.54, 1.807) is 42.7 Å². The van der Waals surface area contributed by atoms with E-state index in [9.17, 15) is 9.59 Å². The molecule has 1 unspecified atom stereocenters.